The number of fused-ring (bicyclic) bond motifs is 9. The van der Waals surface area contributed by atoms with Crippen LogP contribution in [0.2, 0.25) is 0 Å². The lowest BCUT2D eigenvalue weighted by Gasteiger charge is -2.11. The van der Waals surface area contributed by atoms with E-state index in [1.165, 1.54) is 16.2 Å². The molecule has 8 aromatic carbocycles. The molecule has 0 unspecified atom stereocenters. The topological polar surface area (TPSA) is 63.4 Å². The van der Waals surface area contributed by atoms with Crippen LogP contribution in [0, 0.1) is 0 Å². The Morgan fingerprint density at radius 1 is 0.472 bits per heavy atom. The molecule has 2 aromatic heterocycles. The van der Waals surface area contributed by atoms with Gasteiger partial charge in [-0.25, -0.2) is 9.98 Å². The Morgan fingerprint density at radius 3 is 2.00 bits per heavy atom. The maximum Gasteiger partial charge on any atom is 0.161 e. The molecule has 0 bridgehead atoms. The van der Waals surface area contributed by atoms with E-state index in [0.29, 0.717) is 18.2 Å². The van der Waals surface area contributed by atoms with Crippen LogP contribution in [-0.2, 0) is 6.54 Å². The lowest BCUT2D eigenvalue weighted by Crippen LogP contribution is -2.06. The Kier molecular flexibility index (Phi) is 7.29. The Labute approximate surface area is 304 Å². The van der Waals surface area contributed by atoms with Crippen LogP contribution in [0.15, 0.2) is 188 Å². The first-order chi connectivity index (χ1) is 26.2. The average molecular weight is 682 g/mol. The predicted molar refractivity (Wildman–Crippen MR) is 221 cm³/mol. The second-order valence-corrected chi connectivity index (χ2v) is 13.2. The van der Waals surface area contributed by atoms with Crippen molar-refractivity contribution in [3.8, 4) is 11.1 Å². The highest BCUT2D eigenvalue weighted by Crippen LogP contribution is 2.38. The summed E-state index contributed by atoms with van der Waals surface area (Å²) in [5.74, 6) is 1.03. The monoisotopic (exact) mass is 681 g/mol. The SMILES string of the molecule is C=NC(=NC(=NCc1ccccc1)c1ccc2c(ccc3ccccc32)c1)c1cc(-c2ccc3oc4ccccc4c3c2)cc2oc3ccccc3c12. The maximum atomic E-state index is 6.51. The molecule has 0 spiro atoms. The predicted octanol–water partition coefficient (Wildman–Crippen LogP) is 12.6. The number of benzene rings is 8. The second-order valence-electron chi connectivity index (χ2n) is 13.2. The molecule has 53 heavy (non-hydrogen) atoms. The Morgan fingerprint density at radius 2 is 1.15 bits per heavy atom. The molecule has 0 aliphatic rings. The summed E-state index contributed by atoms with van der Waals surface area (Å²) in [5, 5.41) is 8.76. The van der Waals surface area contributed by atoms with E-state index in [1.807, 2.05) is 60.7 Å². The number of amidine groups is 2. The molecule has 5 heteroatoms. The molecule has 2 heterocycles. The minimum atomic E-state index is 0.461. The van der Waals surface area contributed by atoms with Crippen LogP contribution >= 0.6 is 0 Å². The molecule has 0 atom stereocenters. The molecular formula is C48H31N3O2. The van der Waals surface area contributed by atoms with E-state index >= 15 is 0 Å². The van der Waals surface area contributed by atoms with Gasteiger partial charge in [0.1, 0.15) is 22.3 Å². The number of hydrogen-bond donors (Lipinski definition) is 0. The summed E-state index contributed by atoms with van der Waals surface area (Å²) >= 11 is 0. The average Bonchev–Trinajstić information content (AvgIpc) is 3.79. The van der Waals surface area contributed by atoms with Crippen LogP contribution in [0.4, 0.5) is 0 Å². The van der Waals surface area contributed by atoms with E-state index in [0.717, 1.165) is 77.1 Å². The summed E-state index contributed by atoms with van der Waals surface area (Å²) in [6.45, 7) is 4.51. The zero-order valence-corrected chi connectivity index (χ0v) is 28.7. The van der Waals surface area contributed by atoms with Crippen molar-refractivity contribution in [1.29, 1.82) is 0 Å². The smallest absolute Gasteiger partial charge is 0.161 e. The van der Waals surface area contributed by atoms with Crippen molar-refractivity contribution < 1.29 is 8.83 Å². The summed E-state index contributed by atoms with van der Waals surface area (Å²) < 4.78 is 12.7. The quantitative estimate of drug-likeness (QED) is 0.103. The van der Waals surface area contributed by atoms with Gasteiger partial charge >= 0.3 is 0 Å². The number of hydrogen-bond acceptors (Lipinski definition) is 3. The van der Waals surface area contributed by atoms with Gasteiger partial charge in [-0.2, -0.15) is 0 Å². The van der Waals surface area contributed by atoms with E-state index in [-0.39, 0.29) is 0 Å². The first kappa shape index (κ1) is 30.7. The fraction of sp³-hybridized carbons (Fsp3) is 0.0208. The normalized spacial score (nSPS) is 12.5. The van der Waals surface area contributed by atoms with Crippen molar-refractivity contribution in [3.63, 3.8) is 0 Å². The van der Waals surface area contributed by atoms with Crippen LogP contribution in [0.5, 0.6) is 0 Å². The minimum absolute atomic E-state index is 0.461. The van der Waals surface area contributed by atoms with Gasteiger partial charge in [0.25, 0.3) is 0 Å². The fourth-order valence-electron chi connectivity index (χ4n) is 7.48. The van der Waals surface area contributed by atoms with Gasteiger partial charge in [-0.1, -0.05) is 121 Å². The molecule has 0 fully saturated rings. The molecule has 5 nitrogen and oxygen atoms in total. The lowest BCUT2D eigenvalue weighted by atomic mass is 9.97. The van der Waals surface area contributed by atoms with Gasteiger partial charge in [-0.3, -0.25) is 4.99 Å². The Hall–Kier alpha value is -7.11. The third kappa shape index (κ3) is 5.38. The molecule has 0 N–H and O–H groups in total. The molecule has 10 rings (SSSR count). The Bertz CT molecular complexity index is 3110. The van der Waals surface area contributed by atoms with Crippen LogP contribution in [0.1, 0.15) is 16.7 Å². The zero-order valence-electron chi connectivity index (χ0n) is 28.7. The van der Waals surface area contributed by atoms with Gasteiger partial charge in [0, 0.05) is 32.7 Å². The molecule has 10 aromatic rings. The highest BCUT2D eigenvalue weighted by Gasteiger charge is 2.19. The number of aliphatic imine (C=N–C) groups is 3. The molecule has 250 valence electrons. The van der Waals surface area contributed by atoms with Gasteiger partial charge < -0.3 is 8.83 Å². The zero-order chi connectivity index (χ0) is 35.3. The summed E-state index contributed by atoms with van der Waals surface area (Å²) in [5.41, 5.74) is 8.03. The second kappa shape index (κ2) is 12.6. The van der Waals surface area contributed by atoms with Crippen molar-refractivity contribution in [3.05, 3.63) is 180 Å². The summed E-state index contributed by atoms with van der Waals surface area (Å²) in [6.07, 6.45) is 0. The van der Waals surface area contributed by atoms with Gasteiger partial charge in [0.05, 0.1) is 6.54 Å². The highest BCUT2D eigenvalue weighted by atomic mass is 16.3. The number of rotatable bonds is 5. The van der Waals surface area contributed by atoms with Crippen LogP contribution in [0.3, 0.4) is 0 Å². The van der Waals surface area contributed by atoms with Crippen molar-refractivity contribution in [1.82, 2.24) is 0 Å². The first-order valence-corrected chi connectivity index (χ1v) is 17.6. The van der Waals surface area contributed by atoms with Crippen LogP contribution < -0.4 is 0 Å². The van der Waals surface area contributed by atoms with E-state index in [9.17, 15) is 0 Å². The van der Waals surface area contributed by atoms with Crippen LogP contribution in [-0.4, -0.2) is 18.4 Å². The number of furan rings is 2. The third-order valence-electron chi connectivity index (χ3n) is 10.0. The maximum absolute atomic E-state index is 6.51. The van der Waals surface area contributed by atoms with E-state index < -0.39 is 0 Å². The lowest BCUT2D eigenvalue weighted by molar-refractivity contribution is 0.669. The van der Waals surface area contributed by atoms with Gasteiger partial charge in [0.2, 0.25) is 0 Å². The van der Waals surface area contributed by atoms with Gasteiger partial charge in [-0.05, 0) is 87.4 Å². The molecule has 0 amide bonds. The van der Waals surface area contributed by atoms with E-state index in [4.69, 9.17) is 18.8 Å². The van der Waals surface area contributed by atoms with Gasteiger partial charge in [0.15, 0.2) is 11.7 Å². The largest absolute Gasteiger partial charge is 0.456 e. The number of para-hydroxylation sites is 2. The Balaban J connectivity index is 1.18. The molecule has 0 aliphatic heterocycles. The van der Waals surface area contributed by atoms with Crippen molar-refractivity contribution in [2.24, 2.45) is 15.0 Å². The van der Waals surface area contributed by atoms with Crippen LogP contribution in [0.25, 0.3) is 76.5 Å². The summed E-state index contributed by atoms with van der Waals surface area (Å²) in [7, 11) is 0. The first-order valence-electron chi connectivity index (χ1n) is 17.6. The fourth-order valence-corrected chi connectivity index (χ4v) is 7.48. The molecular weight excluding hydrogens is 651 g/mol. The summed E-state index contributed by atoms with van der Waals surface area (Å²) in [6, 6.07) is 56.2. The molecule has 0 aliphatic carbocycles. The van der Waals surface area contributed by atoms with Gasteiger partial charge in [-0.15, -0.1) is 0 Å². The standard InChI is InChI=1S/C48H31N3O2/c1-49-48(51-47(50-29-30-11-3-2-4-12-30)34-21-23-37-33(25-34)20-19-31-13-5-6-14-36(31)37)41-27-35(28-45-46(41)39-16-8-10-18-43(39)53-45)32-22-24-44-40(26-32)38-15-7-9-17-42(38)52-44/h2-28H,1,29H2. The van der Waals surface area contributed by atoms with Crippen molar-refractivity contribution in [2.75, 3.05) is 0 Å². The third-order valence-corrected chi connectivity index (χ3v) is 10.0. The summed E-state index contributed by atoms with van der Waals surface area (Å²) in [4.78, 5) is 15.0. The van der Waals surface area contributed by atoms with Crippen molar-refractivity contribution >= 4 is 83.8 Å². The van der Waals surface area contributed by atoms with E-state index in [2.05, 4.69) is 115 Å². The molecule has 0 radical (unpaired) electrons. The molecule has 0 saturated carbocycles. The number of nitrogens with zero attached hydrogens (tertiary/aromatic N) is 3. The molecule has 0 saturated heterocycles. The highest BCUT2D eigenvalue weighted by molar-refractivity contribution is 6.23. The van der Waals surface area contributed by atoms with E-state index in [1.54, 1.807) is 0 Å². The van der Waals surface area contributed by atoms with Crippen molar-refractivity contribution in [2.45, 2.75) is 6.54 Å². The minimum Gasteiger partial charge on any atom is -0.456 e.